The number of nitrogens with one attached hydrogen (secondary N) is 1. The Morgan fingerprint density at radius 1 is 1.12 bits per heavy atom. The number of benzene rings is 2. The van der Waals surface area contributed by atoms with E-state index in [-0.39, 0.29) is 11.8 Å². The largest absolute Gasteiger partial charge is 0.707 e. The summed E-state index contributed by atoms with van der Waals surface area (Å²) in [5.41, 5.74) is 2.12. The topological polar surface area (TPSA) is 125 Å². The summed E-state index contributed by atoms with van der Waals surface area (Å²) < 4.78 is 25.8. The minimum atomic E-state index is -3.72. The second kappa shape index (κ2) is 9.47. The number of anilines is 1. The first kappa shape index (κ1) is 23.4. The van der Waals surface area contributed by atoms with Gasteiger partial charge in [0.05, 0.1) is 19.8 Å². The van der Waals surface area contributed by atoms with Gasteiger partial charge >= 0.3 is 0 Å². The molecular weight excluding hydrogens is 436 g/mol. The van der Waals surface area contributed by atoms with Crippen LogP contribution in [0.3, 0.4) is 0 Å². The van der Waals surface area contributed by atoms with Gasteiger partial charge in [0.15, 0.2) is 0 Å². The smallest absolute Gasteiger partial charge is 0.261 e. The average Bonchev–Trinajstić information content (AvgIpc) is 3.18. The molecule has 32 heavy (non-hydrogen) atoms. The molecular formula is C21H24N4O6S. The van der Waals surface area contributed by atoms with Crippen molar-refractivity contribution in [3.8, 4) is 0 Å². The van der Waals surface area contributed by atoms with Gasteiger partial charge in [-0.1, -0.05) is 12.1 Å². The van der Waals surface area contributed by atoms with Crippen molar-refractivity contribution in [1.82, 2.24) is 9.47 Å². The summed E-state index contributed by atoms with van der Waals surface area (Å²) in [6.45, 7) is 1.74. The maximum atomic E-state index is 12.4. The van der Waals surface area contributed by atoms with Gasteiger partial charge in [-0.3, -0.25) is 14.5 Å². The lowest BCUT2D eigenvalue weighted by Gasteiger charge is -2.24. The molecule has 0 fully saturated rings. The molecule has 0 spiro atoms. The number of amides is 2. The quantitative estimate of drug-likeness (QED) is 0.186. The molecule has 0 saturated carbocycles. The minimum absolute atomic E-state index is 0.245. The molecule has 170 valence electrons. The molecule has 1 N–H and O–H groups in total. The maximum Gasteiger partial charge on any atom is 0.261 e. The van der Waals surface area contributed by atoms with Crippen molar-refractivity contribution in [3.05, 3.63) is 60.2 Å². The van der Waals surface area contributed by atoms with E-state index in [0.29, 0.717) is 17.4 Å². The lowest BCUT2D eigenvalue weighted by Crippen LogP contribution is -2.36. The highest BCUT2D eigenvalue weighted by Gasteiger charge is 2.30. The van der Waals surface area contributed by atoms with Gasteiger partial charge in [-0.25, -0.2) is 17.6 Å². The van der Waals surface area contributed by atoms with E-state index in [0.717, 1.165) is 36.0 Å². The predicted octanol–water partition coefficient (Wildman–Crippen LogP) is 0.432. The minimum Gasteiger partial charge on any atom is -0.707 e. The average molecular weight is 461 g/mol. The molecule has 2 aromatic carbocycles. The lowest BCUT2D eigenvalue weighted by atomic mass is 9.93. The third-order valence-electron chi connectivity index (χ3n) is 4.97. The lowest BCUT2D eigenvalue weighted by molar-refractivity contribution is -0.671. The number of aryl methyl sites for hydroxylation is 2. The number of hydrogen-bond acceptors (Lipinski definition) is 7. The second-order valence-electron chi connectivity index (χ2n) is 7.43. The molecule has 3 aromatic rings. The van der Waals surface area contributed by atoms with Crippen LogP contribution in [0.4, 0.5) is 5.69 Å². The summed E-state index contributed by atoms with van der Waals surface area (Å²) >= 11 is 0. The zero-order valence-corrected chi connectivity index (χ0v) is 18.8. The van der Waals surface area contributed by atoms with Gasteiger partial charge < -0.3 is 14.9 Å². The van der Waals surface area contributed by atoms with Crippen molar-refractivity contribution < 1.29 is 32.2 Å². The SMILES string of the molecule is CN1C(=O)c2cccc3c(NCCCn4cc[n+](C)c4)ccc(c23)C1=O.CS(=O)(=O)O[O-]. The normalized spacial score (nSPS) is 13.2. The molecule has 1 aliphatic heterocycles. The Morgan fingerprint density at radius 2 is 1.78 bits per heavy atom. The molecule has 0 radical (unpaired) electrons. The van der Waals surface area contributed by atoms with E-state index in [4.69, 9.17) is 5.26 Å². The summed E-state index contributed by atoms with van der Waals surface area (Å²) in [4.78, 5) is 26.0. The van der Waals surface area contributed by atoms with Crippen LogP contribution in [0.2, 0.25) is 0 Å². The van der Waals surface area contributed by atoms with E-state index in [1.165, 1.54) is 11.9 Å². The van der Waals surface area contributed by atoms with Gasteiger partial charge in [0.2, 0.25) is 6.33 Å². The number of aromatic nitrogens is 2. The Hall–Kier alpha value is -3.28. The highest BCUT2D eigenvalue weighted by molar-refractivity contribution is 7.85. The molecule has 1 aliphatic rings. The summed E-state index contributed by atoms with van der Waals surface area (Å²) in [5.74, 6) is -0.489. The van der Waals surface area contributed by atoms with E-state index in [2.05, 4.69) is 26.7 Å². The van der Waals surface area contributed by atoms with E-state index in [1.54, 1.807) is 6.07 Å². The fraction of sp³-hybridized carbons (Fsp3) is 0.286. The Bertz CT molecular complexity index is 1250. The Morgan fingerprint density at radius 3 is 2.38 bits per heavy atom. The number of nitrogens with zero attached hydrogens (tertiary/aromatic N) is 3. The van der Waals surface area contributed by atoms with Crippen LogP contribution in [-0.4, -0.2) is 49.5 Å². The van der Waals surface area contributed by atoms with Gasteiger partial charge in [-0.15, -0.1) is 0 Å². The fourth-order valence-corrected chi connectivity index (χ4v) is 3.49. The number of imidazole rings is 1. The molecule has 0 saturated heterocycles. The van der Waals surface area contributed by atoms with Crippen LogP contribution in [0.15, 0.2) is 49.1 Å². The van der Waals surface area contributed by atoms with Gasteiger partial charge in [-0.05, 0) is 18.2 Å². The van der Waals surface area contributed by atoms with Gasteiger partial charge in [0, 0.05) is 47.6 Å². The van der Waals surface area contributed by atoms with Crippen LogP contribution < -0.4 is 15.1 Å². The number of imide groups is 1. The number of carbonyl (C=O) groups is 2. The molecule has 2 amide bonds. The fourth-order valence-electron chi connectivity index (χ4n) is 3.49. The molecule has 4 rings (SSSR count). The Balaban J connectivity index is 0.000000427. The molecule has 0 bridgehead atoms. The van der Waals surface area contributed by atoms with Gasteiger partial charge in [0.25, 0.3) is 21.9 Å². The monoisotopic (exact) mass is 460 g/mol. The van der Waals surface area contributed by atoms with Crippen LogP contribution in [0.5, 0.6) is 0 Å². The maximum absolute atomic E-state index is 12.4. The molecule has 0 aliphatic carbocycles. The Labute approximate surface area is 185 Å². The third-order valence-corrected chi connectivity index (χ3v) is 5.21. The zero-order chi connectivity index (χ0) is 23.5. The van der Waals surface area contributed by atoms with E-state index < -0.39 is 10.1 Å². The van der Waals surface area contributed by atoms with Crippen molar-refractivity contribution in [2.45, 2.75) is 13.0 Å². The summed E-state index contributed by atoms with van der Waals surface area (Å²) in [6, 6.07) is 9.35. The van der Waals surface area contributed by atoms with Crippen molar-refractivity contribution in [1.29, 1.82) is 0 Å². The highest BCUT2D eigenvalue weighted by atomic mass is 32.2. The van der Waals surface area contributed by atoms with Crippen LogP contribution in [0, 0.1) is 0 Å². The molecule has 10 nitrogen and oxygen atoms in total. The molecule has 0 atom stereocenters. The first-order valence-electron chi connectivity index (χ1n) is 9.77. The van der Waals surface area contributed by atoms with Gasteiger partial charge in [0.1, 0.15) is 12.4 Å². The summed E-state index contributed by atoms with van der Waals surface area (Å²) in [7, 11) is -0.186. The number of carbonyl (C=O) groups excluding carboxylic acids is 2. The predicted molar refractivity (Wildman–Crippen MR) is 115 cm³/mol. The molecule has 0 unspecified atom stereocenters. The Kier molecular flexibility index (Phi) is 6.92. The van der Waals surface area contributed by atoms with Crippen molar-refractivity contribution >= 4 is 38.4 Å². The van der Waals surface area contributed by atoms with Crippen molar-refractivity contribution in [2.24, 2.45) is 7.05 Å². The molecule has 2 heterocycles. The first-order chi connectivity index (χ1) is 15.1. The number of hydrogen-bond donors (Lipinski definition) is 1. The van der Waals surface area contributed by atoms with Crippen molar-refractivity contribution in [2.75, 3.05) is 25.2 Å². The van der Waals surface area contributed by atoms with Crippen LogP contribution in [0.1, 0.15) is 27.1 Å². The van der Waals surface area contributed by atoms with E-state index in [9.17, 15) is 18.0 Å². The summed E-state index contributed by atoms with van der Waals surface area (Å²) in [5, 5.41) is 14.0. The van der Waals surface area contributed by atoms with Crippen LogP contribution in [-0.2, 0) is 28.0 Å². The molecule has 11 heteroatoms. The third kappa shape index (κ3) is 5.13. The number of rotatable bonds is 6. The van der Waals surface area contributed by atoms with Crippen molar-refractivity contribution in [3.63, 3.8) is 0 Å². The van der Waals surface area contributed by atoms with E-state index in [1.807, 2.05) is 42.1 Å². The highest BCUT2D eigenvalue weighted by Crippen LogP contribution is 2.33. The van der Waals surface area contributed by atoms with Gasteiger partial charge in [-0.2, -0.15) is 0 Å². The second-order valence-corrected chi connectivity index (χ2v) is 8.97. The van der Waals surface area contributed by atoms with Crippen LogP contribution >= 0.6 is 0 Å². The first-order valence-corrected chi connectivity index (χ1v) is 11.6. The van der Waals surface area contributed by atoms with E-state index >= 15 is 0 Å². The molecule has 1 aromatic heterocycles. The summed E-state index contributed by atoms with van der Waals surface area (Å²) in [6.07, 6.45) is 7.77. The standard InChI is InChI=1S/C20H20N4O2.CH4O4S/c1-22-11-12-24(13-22)10-4-9-21-17-8-7-16-18-14(17)5-3-6-15(18)19(25)23(2)20(16)26;1-6(3,4)5-2/h3,5-8,11-13H,4,9-10H2,1-2H3;2H,1H3. The zero-order valence-electron chi connectivity index (χ0n) is 17.9. The van der Waals surface area contributed by atoms with Crippen LogP contribution in [0.25, 0.3) is 10.8 Å².